The molecule has 0 unspecified atom stereocenters. The summed E-state index contributed by atoms with van der Waals surface area (Å²) in [5.41, 5.74) is 1.59. The van der Waals surface area contributed by atoms with Crippen molar-refractivity contribution in [2.75, 3.05) is 0 Å². The second-order valence-corrected chi connectivity index (χ2v) is 4.50. The maximum absolute atomic E-state index is 12.3. The van der Waals surface area contributed by atoms with Gasteiger partial charge in [0.25, 0.3) is 5.91 Å². The Hall–Kier alpha value is -2.76. The van der Waals surface area contributed by atoms with Crippen molar-refractivity contribution in [2.24, 2.45) is 7.05 Å². The number of rotatable bonds is 4. The Balaban J connectivity index is 1.82. The first kappa shape index (κ1) is 12.3. The molecule has 2 N–H and O–H groups in total. The summed E-state index contributed by atoms with van der Waals surface area (Å²) in [6.07, 6.45) is 9.05. The number of amides is 1. The molecule has 0 atom stereocenters. The predicted molar refractivity (Wildman–Crippen MR) is 74.5 cm³/mol. The van der Waals surface area contributed by atoms with E-state index >= 15 is 0 Å². The number of aryl methyl sites for hydroxylation is 1. The summed E-state index contributed by atoms with van der Waals surface area (Å²) in [6, 6.07) is 5.75. The molecule has 0 saturated heterocycles. The molecule has 3 aromatic heterocycles. The molecule has 3 heterocycles. The molecule has 0 aliphatic rings. The standard InChI is InChI=1S/C14H15N5O/c1-18-14(19-6-2-3-7-19)12(10-17-18)13(20)16-9-11-4-5-15-8-11/h2-8,10,15H,9H2,1H3,(H,16,20). The molecule has 3 rings (SSSR count). The Kier molecular flexibility index (Phi) is 3.12. The van der Waals surface area contributed by atoms with Crippen LogP contribution >= 0.6 is 0 Å². The molecule has 0 aliphatic heterocycles. The summed E-state index contributed by atoms with van der Waals surface area (Å²) in [5.74, 6) is 0.615. The molecule has 0 aliphatic carbocycles. The average molecular weight is 269 g/mol. The van der Waals surface area contributed by atoms with Crippen LogP contribution in [-0.4, -0.2) is 25.2 Å². The third-order valence-electron chi connectivity index (χ3n) is 3.12. The SMILES string of the molecule is Cn1ncc(C(=O)NCc2cc[nH]c2)c1-n1cccc1. The van der Waals surface area contributed by atoms with Gasteiger partial charge in [0, 0.05) is 38.4 Å². The lowest BCUT2D eigenvalue weighted by Gasteiger charge is -2.07. The number of nitrogens with zero attached hydrogens (tertiary/aromatic N) is 3. The highest BCUT2D eigenvalue weighted by atomic mass is 16.1. The number of H-pyrrole nitrogens is 1. The zero-order valence-corrected chi connectivity index (χ0v) is 11.1. The summed E-state index contributed by atoms with van der Waals surface area (Å²) in [4.78, 5) is 15.2. The first-order valence-electron chi connectivity index (χ1n) is 6.31. The van der Waals surface area contributed by atoms with Gasteiger partial charge in [-0.1, -0.05) is 0 Å². The molecule has 1 amide bonds. The normalized spacial score (nSPS) is 10.7. The van der Waals surface area contributed by atoms with Crippen molar-refractivity contribution in [3.63, 3.8) is 0 Å². The monoisotopic (exact) mass is 269 g/mol. The van der Waals surface area contributed by atoms with E-state index in [1.165, 1.54) is 0 Å². The third kappa shape index (κ3) is 2.23. The fourth-order valence-corrected chi connectivity index (χ4v) is 2.12. The van der Waals surface area contributed by atoms with Crippen LogP contribution in [0.3, 0.4) is 0 Å². The van der Waals surface area contributed by atoms with E-state index in [9.17, 15) is 4.79 Å². The van der Waals surface area contributed by atoms with Crippen molar-refractivity contribution in [3.8, 4) is 5.82 Å². The predicted octanol–water partition coefficient (Wildman–Crippen LogP) is 1.47. The van der Waals surface area contributed by atoms with Crippen molar-refractivity contribution in [1.29, 1.82) is 0 Å². The number of nitrogens with one attached hydrogen (secondary N) is 2. The second-order valence-electron chi connectivity index (χ2n) is 4.50. The highest BCUT2D eigenvalue weighted by Crippen LogP contribution is 2.13. The number of aromatic amines is 1. The van der Waals surface area contributed by atoms with Gasteiger partial charge in [0.05, 0.1) is 6.20 Å². The molecule has 6 heteroatoms. The molecule has 102 valence electrons. The molecule has 0 saturated carbocycles. The molecular formula is C14H15N5O. The number of carbonyl (C=O) groups is 1. The summed E-state index contributed by atoms with van der Waals surface area (Å²) in [5, 5.41) is 7.06. The second kappa shape index (κ2) is 5.08. The van der Waals surface area contributed by atoms with Crippen molar-refractivity contribution >= 4 is 5.91 Å². The Morgan fingerprint density at radius 2 is 2.20 bits per heavy atom. The molecule has 20 heavy (non-hydrogen) atoms. The van der Waals surface area contributed by atoms with E-state index in [-0.39, 0.29) is 5.91 Å². The number of hydrogen-bond donors (Lipinski definition) is 2. The van der Waals surface area contributed by atoms with E-state index in [1.54, 1.807) is 10.9 Å². The molecular weight excluding hydrogens is 254 g/mol. The summed E-state index contributed by atoms with van der Waals surface area (Å²) < 4.78 is 3.56. The van der Waals surface area contributed by atoms with E-state index in [2.05, 4.69) is 15.4 Å². The third-order valence-corrected chi connectivity index (χ3v) is 3.12. The Labute approximate surface area is 116 Å². The largest absolute Gasteiger partial charge is 0.367 e. The van der Waals surface area contributed by atoms with E-state index in [0.717, 1.165) is 11.4 Å². The quantitative estimate of drug-likeness (QED) is 0.753. The van der Waals surface area contributed by atoms with Crippen molar-refractivity contribution in [2.45, 2.75) is 6.54 Å². The van der Waals surface area contributed by atoms with Gasteiger partial charge in [0.15, 0.2) is 0 Å². The van der Waals surface area contributed by atoms with Crippen LogP contribution in [0.1, 0.15) is 15.9 Å². The highest BCUT2D eigenvalue weighted by molar-refractivity contribution is 5.97. The number of aromatic nitrogens is 4. The number of hydrogen-bond acceptors (Lipinski definition) is 2. The minimum Gasteiger partial charge on any atom is -0.367 e. The van der Waals surface area contributed by atoms with Gasteiger partial charge in [-0.25, -0.2) is 0 Å². The van der Waals surface area contributed by atoms with E-state index in [0.29, 0.717) is 12.1 Å². The lowest BCUT2D eigenvalue weighted by atomic mass is 10.2. The van der Waals surface area contributed by atoms with Crippen LogP contribution in [0.15, 0.2) is 49.2 Å². The minimum absolute atomic E-state index is 0.136. The first-order valence-corrected chi connectivity index (χ1v) is 6.31. The topological polar surface area (TPSA) is 67.6 Å². The fourth-order valence-electron chi connectivity index (χ4n) is 2.12. The van der Waals surface area contributed by atoms with E-state index in [4.69, 9.17) is 0 Å². The van der Waals surface area contributed by atoms with E-state index < -0.39 is 0 Å². The van der Waals surface area contributed by atoms with Crippen LogP contribution in [0, 0.1) is 0 Å². The van der Waals surface area contributed by atoms with Gasteiger partial charge < -0.3 is 14.9 Å². The Bertz CT molecular complexity index is 694. The first-order chi connectivity index (χ1) is 9.75. The molecule has 0 bridgehead atoms. The molecule has 0 radical (unpaired) electrons. The molecule has 3 aromatic rings. The molecule has 0 aromatic carbocycles. The molecule has 0 spiro atoms. The van der Waals surface area contributed by atoms with E-state index in [1.807, 2.05) is 54.6 Å². The molecule has 0 fully saturated rings. The van der Waals surface area contributed by atoms with Crippen LogP contribution < -0.4 is 5.32 Å². The van der Waals surface area contributed by atoms with Gasteiger partial charge in [0.1, 0.15) is 11.4 Å². The number of carbonyl (C=O) groups excluding carboxylic acids is 1. The maximum Gasteiger partial charge on any atom is 0.256 e. The summed E-state index contributed by atoms with van der Waals surface area (Å²) in [6.45, 7) is 0.488. The zero-order valence-electron chi connectivity index (χ0n) is 11.1. The average Bonchev–Trinajstić information content (AvgIpc) is 3.17. The fraction of sp³-hybridized carbons (Fsp3) is 0.143. The van der Waals surface area contributed by atoms with Crippen LogP contribution in [0.5, 0.6) is 0 Å². The lowest BCUT2D eigenvalue weighted by molar-refractivity contribution is 0.0951. The van der Waals surface area contributed by atoms with Crippen LogP contribution in [-0.2, 0) is 13.6 Å². The smallest absolute Gasteiger partial charge is 0.256 e. The van der Waals surface area contributed by atoms with Gasteiger partial charge in [-0.3, -0.25) is 9.48 Å². The maximum atomic E-state index is 12.3. The van der Waals surface area contributed by atoms with Gasteiger partial charge >= 0.3 is 0 Å². The Morgan fingerprint density at radius 3 is 2.90 bits per heavy atom. The minimum atomic E-state index is -0.136. The molecule has 6 nitrogen and oxygen atoms in total. The summed E-state index contributed by atoms with van der Waals surface area (Å²) >= 11 is 0. The highest BCUT2D eigenvalue weighted by Gasteiger charge is 2.16. The van der Waals surface area contributed by atoms with Crippen molar-refractivity contribution in [1.82, 2.24) is 24.6 Å². The van der Waals surface area contributed by atoms with Crippen LogP contribution in [0.25, 0.3) is 5.82 Å². The lowest BCUT2D eigenvalue weighted by Crippen LogP contribution is -2.23. The van der Waals surface area contributed by atoms with Gasteiger partial charge in [-0.05, 0) is 23.8 Å². The van der Waals surface area contributed by atoms with Crippen molar-refractivity contribution < 1.29 is 4.79 Å². The van der Waals surface area contributed by atoms with Crippen molar-refractivity contribution in [3.05, 3.63) is 60.3 Å². The van der Waals surface area contributed by atoms with Gasteiger partial charge in [0.2, 0.25) is 0 Å². The van der Waals surface area contributed by atoms with Crippen LogP contribution in [0.2, 0.25) is 0 Å². The Morgan fingerprint density at radius 1 is 1.40 bits per heavy atom. The van der Waals surface area contributed by atoms with Gasteiger partial charge in [-0.15, -0.1) is 0 Å². The van der Waals surface area contributed by atoms with Gasteiger partial charge in [-0.2, -0.15) is 5.10 Å². The van der Waals surface area contributed by atoms with Crippen LogP contribution in [0.4, 0.5) is 0 Å². The summed E-state index contributed by atoms with van der Waals surface area (Å²) in [7, 11) is 1.82. The zero-order chi connectivity index (χ0) is 13.9.